The average molecular weight is 247 g/mol. The van der Waals surface area contributed by atoms with Gasteiger partial charge in [-0.1, -0.05) is 0 Å². The van der Waals surface area contributed by atoms with E-state index in [0.29, 0.717) is 0 Å². The Hall–Kier alpha value is -1.33. The number of likely N-dealkylation sites (tertiary alicyclic amines) is 1. The van der Waals surface area contributed by atoms with Gasteiger partial charge in [-0.25, -0.2) is 14.0 Å². The fraction of sp³-hybridized carbons (Fsp3) is 0.818. The second-order valence-corrected chi connectivity index (χ2v) is 5.16. The summed E-state index contributed by atoms with van der Waals surface area (Å²) in [6.45, 7) is 4.82. The van der Waals surface area contributed by atoms with Crippen LogP contribution in [0.5, 0.6) is 0 Å². The minimum Gasteiger partial charge on any atom is -0.480 e. The zero-order chi connectivity index (χ0) is 13.2. The van der Waals surface area contributed by atoms with Crippen LogP contribution in [0.4, 0.5) is 9.18 Å². The Morgan fingerprint density at radius 1 is 1.35 bits per heavy atom. The molecular weight excluding hydrogens is 229 g/mol. The first-order valence-electron chi connectivity index (χ1n) is 5.57. The van der Waals surface area contributed by atoms with E-state index in [1.807, 2.05) is 0 Å². The molecule has 1 heterocycles. The van der Waals surface area contributed by atoms with Gasteiger partial charge in [0.2, 0.25) is 0 Å². The van der Waals surface area contributed by atoms with E-state index in [9.17, 15) is 14.0 Å². The Labute approximate surface area is 99.5 Å². The second kappa shape index (κ2) is 4.89. The van der Waals surface area contributed by atoms with Crippen molar-refractivity contribution in [2.45, 2.75) is 51.4 Å². The molecule has 0 spiro atoms. The molecule has 1 aliphatic rings. The highest BCUT2D eigenvalue weighted by Crippen LogP contribution is 2.22. The zero-order valence-electron chi connectivity index (χ0n) is 10.3. The lowest BCUT2D eigenvalue weighted by molar-refractivity contribution is -0.145. The Balaban J connectivity index is 2.75. The summed E-state index contributed by atoms with van der Waals surface area (Å²) in [7, 11) is 0. The van der Waals surface area contributed by atoms with Crippen LogP contribution in [0.2, 0.25) is 0 Å². The maximum Gasteiger partial charge on any atom is 0.411 e. The summed E-state index contributed by atoms with van der Waals surface area (Å²) in [5.74, 6) is -1.12. The predicted octanol–water partition coefficient (Wildman–Crippen LogP) is 1.81. The molecule has 1 N–H and O–H groups in total. The molecule has 1 rings (SSSR count). The smallest absolute Gasteiger partial charge is 0.411 e. The zero-order valence-corrected chi connectivity index (χ0v) is 10.3. The van der Waals surface area contributed by atoms with Crippen molar-refractivity contribution in [1.29, 1.82) is 0 Å². The third-order valence-electron chi connectivity index (χ3n) is 2.44. The molecule has 1 saturated heterocycles. The normalized spacial score (nSPS) is 25.5. The number of ether oxygens (including phenoxy) is 1. The van der Waals surface area contributed by atoms with Crippen LogP contribution in [0, 0.1) is 0 Å². The van der Waals surface area contributed by atoms with Gasteiger partial charge in [0.15, 0.2) is 0 Å². The van der Waals surface area contributed by atoms with Crippen LogP contribution in [0.3, 0.4) is 0 Å². The molecule has 2 atom stereocenters. The number of rotatable bonds is 1. The van der Waals surface area contributed by atoms with Gasteiger partial charge in [0.05, 0.1) is 6.54 Å². The van der Waals surface area contributed by atoms with E-state index in [-0.39, 0.29) is 19.4 Å². The summed E-state index contributed by atoms with van der Waals surface area (Å²) in [6.07, 6.45) is -1.67. The number of hydrogen-bond donors (Lipinski definition) is 1. The summed E-state index contributed by atoms with van der Waals surface area (Å²) < 4.78 is 18.3. The van der Waals surface area contributed by atoms with E-state index < -0.39 is 29.9 Å². The highest BCUT2D eigenvalue weighted by molar-refractivity contribution is 5.80. The molecule has 0 radical (unpaired) electrons. The Morgan fingerprint density at radius 3 is 2.41 bits per heavy atom. The first-order chi connectivity index (χ1) is 7.70. The van der Waals surface area contributed by atoms with Gasteiger partial charge < -0.3 is 9.84 Å². The molecule has 5 nitrogen and oxygen atoms in total. The molecule has 98 valence electrons. The van der Waals surface area contributed by atoms with Crippen LogP contribution in [0.15, 0.2) is 0 Å². The molecule has 17 heavy (non-hydrogen) atoms. The first kappa shape index (κ1) is 13.7. The monoisotopic (exact) mass is 247 g/mol. The Bertz CT molecular complexity index is 313. The molecule has 6 heteroatoms. The molecule has 0 bridgehead atoms. The number of carbonyl (C=O) groups is 2. The second-order valence-electron chi connectivity index (χ2n) is 5.16. The quantitative estimate of drug-likeness (QED) is 0.767. The van der Waals surface area contributed by atoms with Crippen LogP contribution >= 0.6 is 0 Å². The fourth-order valence-corrected chi connectivity index (χ4v) is 1.71. The predicted molar refractivity (Wildman–Crippen MR) is 58.5 cm³/mol. The maximum atomic E-state index is 13.2. The van der Waals surface area contributed by atoms with Crippen LogP contribution in [0.25, 0.3) is 0 Å². The minimum absolute atomic E-state index is 0.121. The fourth-order valence-electron chi connectivity index (χ4n) is 1.71. The number of hydrogen-bond acceptors (Lipinski definition) is 3. The topological polar surface area (TPSA) is 66.8 Å². The summed E-state index contributed by atoms with van der Waals surface area (Å²) in [5.41, 5.74) is -0.719. The van der Waals surface area contributed by atoms with Crippen molar-refractivity contribution < 1.29 is 23.8 Å². The van der Waals surface area contributed by atoms with E-state index >= 15 is 0 Å². The van der Waals surface area contributed by atoms with Crippen molar-refractivity contribution in [3.05, 3.63) is 0 Å². The number of piperidine rings is 1. The van der Waals surface area contributed by atoms with Gasteiger partial charge in [0, 0.05) is 0 Å². The number of alkyl halides is 1. The van der Waals surface area contributed by atoms with E-state index in [4.69, 9.17) is 9.84 Å². The Kier molecular flexibility index (Phi) is 3.95. The largest absolute Gasteiger partial charge is 0.480 e. The standard InChI is InChI=1S/C11H18FNO4/c1-11(2,3)17-10(16)13-6-7(12)4-5-8(13)9(14)15/h7-8H,4-6H2,1-3H3,(H,14,15)/t7-,8-/m1/s1. The number of nitrogens with zero attached hydrogens (tertiary/aromatic N) is 1. The van der Waals surface area contributed by atoms with Crippen LogP contribution in [0.1, 0.15) is 33.6 Å². The Morgan fingerprint density at radius 2 is 1.94 bits per heavy atom. The average Bonchev–Trinajstić information content (AvgIpc) is 2.14. The third kappa shape index (κ3) is 3.87. The van der Waals surface area contributed by atoms with E-state index in [2.05, 4.69) is 0 Å². The number of halogens is 1. The summed E-state index contributed by atoms with van der Waals surface area (Å²) in [4.78, 5) is 23.7. The molecule has 0 aromatic carbocycles. The van der Waals surface area contributed by atoms with Crippen molar-refractivity contribution in [1.82, 2.24) is 4.90 Å². The minimum atomic E-state index is -1.18. The van der Waals surface area contributed by atoms with Crippen LogP contribution < -0.4 is 0 Å². The lowest BCUT2D eigenvalue weighted by Crippen LogP contribution is -2.52. The molecule has 1 amide bonds. The highest BCUT2D eigenvalue weighted by Gasteiger charge is 2.38. The van der Waals surface area contributed by atoms with Gasteiger partial charge >= 0.3 is 12.1 Å². The SMILES string of the molecule is CC(C)(C)OC(=O)N1C[C@H](F)CC[C@@H]1C(=O)O. The molecule has 0 unspecified atom stereocenters. The van der Waals surface area contributed by atoms with Gasteiger partial charge in [-0.05, 0) is 33.6 Å². The molecule has 0 aliphatic carbocycles. The van der Waals surface area contributed by atoms with Crippen molar-refractivity contribution in [3.63, 3.8) is 0 Å². The number of amides is 1. The van der Waals surface area contributed by atoms with Gasteiger partial charge in [-0.2, -0.15) is 0 Å². The summed E-state index contributed by atoms with van der Waals surface area (Å²) in [5, 5.41) is 8.97. The van der Waals surface area contributed by atoms with Gasteiger partial charge in [0.1, 0.15) is 17.8 Å². The first-order valence-corrected chi connectivity index (χ1v) is 5.57. The summed E-state index contributed by atoms with van der Waals surface area (Å²) in [6, 6.07) is -0.989. The lowest BCUT2D eigenvalue weighted by Gasteiger charge is -2.35. The van der Waals surface area contributed by atoms with Crippen LogP contribution in [-0.4, -0.2) is 46.4 Å². The molecule has 0 saturated carbocycles. The highest BCUT2D eigenvalue weighted by atomic mass is 19.1. The summed E-state index contributed by atoms with van der Waals surface area (Å²) >= 11 is 0. The third-order valence-corrected chi connectivity index (χ3v) is 2.44. The van der Waals surface area contributed by atoms with Crippen molar-refractivity contribution in [2.24, 2.45) is 0 Å². The van der Waals surface area contributed by atoms with Gasteiger partial charge in [-0.3, -0.25) is 4.90 Å². The number of carbonyl (C=O) groups excluding carboxylic acids is 1. The molecule has 1 fully saturated rings. The lowest BCUT2D eigenvalue weighted by atomic mass is 10.0. The number of aliphatic carboxylic acids is 1. The van der Waals surface area contributed by atoms with Crippen LogP contribution in [-0.2, 0) is 9.53 Å². The van der Waals surface area contributed by atoms with Crippen molar-refractivity contribution in [3.8, 4) is 0 Å². The van der Waals surface area contributed by atoms with Gasteiger partial charge in [-0.15, -0.1) is 0 Å². The van der Waals surface area contributed by atoms with E-state index in [1.54, 1.807) is 20.8 Å². The molecule has 1 aliphatic heterocycles. The number of carboxylic acid groups (broad SMARTS) is 1. The van der Waals surface area contributed by atoms with Gasteiger partial charge in [0.25, 0.3) is 0 Å². The van der Waals surface area contributed by atoms with Crippen molar-refractivity contribution >= 4 is 12.1 Å². The molecule has 0 aromatic heterocycles. The van der Waals surface area contributed by atoms with E-state index in [1.165, 1.54) is 0 Å². The van der Waals surface area contributed by atoms with E-state index in [0.717, 1.165) is 4.90 Å². The maximum absolute atomic E-state index is 13.2. The number of carboxylic acids is 1. The molecular formula is C11H18FNO4. The van der Waals surface area contributed by atoms with Crippen molar-refractivity contribution in [2.75, 3.05) is 6.54 Å². The molecule has 0 aromatic rings.